The second kappa shape index (κ2) is 8.49. The molecule has 0 unspecified atom stereocenters. The number of aryl methyl sites for hydroxylation is 1. The van der Waals surface area contributed by atoms with E-state index in [1.165, 1.54) is 11.3 Å². The largest absolute Gasteiger partial charge is 0.490 e. The number of carbonyl (C=O) groups excluding carboxylic acids is 1. The fourth-order valence-corrected chi connectivity index (χ4v) is 3.12. The number of amides is 1. The second-order valence-electron chi connectivity index (χ2n) is 5.54. The van der Waals surface area contributed by atoms with Crippen LogP contribution in [0.4, 0.5) is 0 Å². The zero-order valence-electron chi connectivity index (χ0n) is 14.7. The van der Waals surface area contributed by atoms with Crippen molar-refractivity contribution in [3.8, 4) is 17.2 Å². The number of hydrogen-bond acceptors (Lipinski definition) is 5. The summed E-state index contributed by atoms with van der Waals surface area (Å²) in [6.07, 6.45) is 0. The lowest BCUT2D eigenvalue weighted by molar-refractivity contribution is 0.0948. The molecule has 134 valence electrons. The lowest BCUT2D eigenvalue weighted by atomic mass is 10.2. The van der Waals surface area contributed by atoms with E-state index in [0.717, 1.165) is 10.7 Å². The first kappa shape index (κ1) is 17.9. The summed E-state index contributed by atoms with van der Waals surface area (Å²) in [6.45, 7) is 4.77. The molecule has 0 saturated carbocycles. The molecule has 1 N–H and O–H groups in total. The standard InChI is InChI=1S/C20H20N2O3S/c1-3-24-17-10-6-7-11-18(17)25-16-9-5-4-8-15(16)20(23)21-12-19-22-14(2)13-26-19/h4-11,13H,3,12H2,1-2H3,(H,21,23). The van der Waals surface area contributed by atoms with Gasteiger partial charge >= 0.3 is 0 Å². The third-order valence-electron chi connectivity index (χ3n) is 3.57. The number of nitrogens with one attached hydrogen (secondary N) is 1. The van der Waals surface area contributed by atoms with Gasteiger partial charge in [-0.25, -0.2) is 4.98 Å². The molecular weight excluding hydrogens is 348 g/mol. The van der Waals surface area contributed by atoms with Gasteiger partial charge in [-0.2, -0.15) is 0 Å². The van der Waals surface area contributed by atoms with Gasteiger partial charge in [0, 0.05) is 11.1 Å². The van der Waals surface area contributed by atoms with Gasteiger partial charge in [0.1, 0.15) is 10.8 Å². The molecule has 0 aliphatic carbocycles. The number of rotatable bonds is 7. The first-order valence-electron chi connectivity index (χ1n) is 8.35. The van der Waals surface area contributed by atoms with Crippen LogP contribution in [-0.4, -0.2) is 17.5 Å². The Kier molecular flexibility index (Phi) is 5.86. The molecule has 3 rings (SSSR count). The summed E-state index contributed by atoms with van der Waals surface area (Å²) in [7, 11) is 0. The lowest BCUT2D eigenvalue weighted by Crippen LogP contribution is -2.23. The summed E-state index contributed by atoms with van der Waals surface area (Å²) in [4.78, 5) is 17.0. The van der Waals surface area contributed by atoms with Gasteiger partial charge < -0.3 is 14.8 Å². The first-order valence-corrected chi connectivity index (χ1v) is 9.23. The third kappa shape index (κ3) is 4.40. The minimum Gasteiger partial charge on any atom is -0.490 e. The molecule has 0 radical (unpaired) electrons. The van der Waals surface area contributed by atoms with E-state index in [0.29, 0.717) is 36.0 Å². The number of aromatic nitrogens is 1. The normalized spacial score (nSPS) is 10.4. The van der Waals surface area contributed by atoms with E-state index in [1.54, 1.807) is 12.1 Å². The number of benzene rings is 2. The molecule has 1 heterocycles. The topological polar surface area (TPSA) is 60.5 Å². The van der Waals surface area contributed by atoms with E-state index in [-0.39, 0.29) is 5.91 Å². The fourth-order valence-electron chi connectivity index (χ4n) is 2.41. The summed E-state index contributed by atoms with van der Waals surface area (Å²) in [5.74, 6) is 1.49. The summed E-state index contributed by atoms with van der Waals surface area (Å²) in [5.41, 5.74) is 1.42. The van der Waals surface area contributed by atoms with Crippen LogP contribution in [0.25, 0.3) is 0 Å². The third-order valence-corrected chi connectivity index (χ3v) is 4.53. The molecule has 0 fully saturated rings. The van der Waals surface area contributed by atoms with E-state index in [9.17, 15) is 4.79 Å². The van der Waals surface area contributed by atoms with Gasteiger partial charge in [0.25, 0.3) is 5.91 Å². The Labute approximate surface area is 156 Å². The van der Waals surface area contributed by atoms with Crippen molar-refractivity contribution < 1.29 is 14.3 Å². The molecule has 1 aromatic heterocycles. The number of para-hydroxylation sites is 3. The van der Waals surface area contributed by atoms with Crippen LogP contribution in [0.15, 0.2) is 53.9 Å². The van der Waals surface area contributed by atoms with Crippen molar-refractivity contribution in [3.63, 3.8) is 0 Å². The quantitative estimate of drug-likeness (QED) is 0.663. The van der Waals surface area contributed by atoms with Crippen LogP contribution >= 0.6 is 11.3 Å². The van der Waals surface area contributed by atoms with Crippen molar-refractivity contribution in [2.75, 3.05) is 6.61 Å². The van der Waals surface area contributed by atoms with E-state index >= 15 is 0 Å². The van der Waals surface area contributed by atoms with Crippen molar-refractivity contribution in [1.29, 1.82) is 0 Å². The maximum Gasteiger partial charge on any atom is 0.255 e. The van der Waals surface area contributed by atoms with Gasteiger partial charge in [0.2, 0.25) is 0 Å². The van der Waals surface area contributed by atoms with Crippen LogP contribution in [0.1, 0.15) is 28.0 Å². The zero-order valence-corrected chi connectivity index (χ0v) is 15.5. The maximum absolute atomic E-state index is 12.6. The van der Waals surface area contributed by atoms with Gasteiger partial charge in [0.15, 0.2) is 11.5 Å². The summed E-state index contributed by atoms with van der Waals surface area (Å²) < 4.78 is 11.6. The van der Waals surface area contributed by atoms with Crippen molar-refractivity contribution >= 4 is 17.2 Å². The van der Waals surface area contributed by atoms with E-state index < -0.39 is 0 Å². The molecule has 5 nitrogen and oxygen atoms in total. The second-order valence-corrected chi connectivity index (χ2v) is 6.49. The molecule has 0 bridgehead atoms. The predicted octanol–water partition coefficient (Wildman–Crippen LogP) is 4.57. The maximum atomic E-state index is 12.6. The van der Waals surface area contributed by atoms with E-state index in [4.69, 9.17) is 9.47 Å². The van der Waals surface area contributed by atoms with Crippen LogP contribution in [0.2, 0.25) is 0 Å². The first-order chi connectivity index (χ1) is 12.7. The van der Waals surface area contributed by atoms with Crippen LogP contribution in [-0.2, 0) is 6.54 Å². The molecule has 0 atom stereocenters. The van der Waals surface area contributed by atoms with Gasteiger partial charge in [-0.1, -0.05) is 24.3 Å². The monoisotopic (exact) mass is 368 g/mol. The Bertz CT molecular complexity index is 892. The summed E-state index contributed by atoms with van der Waals surface area (Å²) in [5, 5.41) is 5.73. The number of carbonyl (C=O) groups is 1. The number of ether oxygens (including phenoxy) is 2. The Morgan fingerprint density at radius 1 is 1.08 bits per heavy atom. The minimum absolute atomic E-state index is 0.206. The van der Waals surface area contributed by atoms with Crippen LogP contribution in [0.3, 0.4) is 0 Å². The zero-order chi connectivity index (χ0) is 18.4. The van der Waals surface area contributed by atoms with Crippen molar-refractivity contribution in [2.45, 2.75) is 20.4 Å². The van der Waals surface area contributed by atoms with Gasteiger partial charge in [-0.05, 0) is 38.1 Å². The van der Waals surface area contributed by atoms with Crippen molar-refractivity contribution in [1.82, 2.24) is 10.3 Å². The highest BCUT2D eigenvalue weighted by molar-refractivity contribution is 7.09. The highest BCUT2D eigenvalue weighted by Gasteiger charge is 2.14. The Morgan fingerprint density at radius 2 is 1.77 bits per heavy atom. The average Bonchev–Trinajstić information content (AvgIpc) is 3.07. The summed E-state index contributed by atoms with van der Waals surface area (Å²) in [6, 6.07) is 14.6. The lowest BCUT2D eigenvalue weighted by Gasteiger charge is -2.14. The van der Waals surface area contributed by atoms with Crippen molar-refractivity contribution in [2.24, 2.45) is 0 Å². The molecule has 26 heavy (non-hydrogen) atoms. The van der Waals surface area contributed by atoms with Gasteiger partial charge in [0.05, 0.1) is 18.7 Å². The van der Waals surface area contributed by atoms with E-state index in [2.05, 4.69) is 10.3 Å². The molecule has 0 aliphatic rings. The number of hydrogen-bond donors (Lipinski definition) is 1. The molecule has 0 spiro atoms. The molecule has 0 saturated heterocycles. The van der Waals surface area contributed by atoms with Crippen LogP contribution in [0.5, 0.6) is 17.2 Å². The molecular formula is C20H20N2O3S. The predicted molar refractivity (Wildman–Crippen MR) is 102 cm³/mol. The molecule has 6 heteroatoms. The Morgan fingerprint density at radius 3 is 2.46 bits per heavy atom. The number of thiazole rings is 1. The van der Waals surface area contributed by atoms with Gasteiger partial charge in [-0.15, -0.1) is 11.3 Å². The summed E-state index contributed by atoms with van der Waals surface area (Å²) >= 11 is 1.53. The van der Waals surface area contributed by atoms with Gasteiger partial charge in [-0.3, -0.25) is 4.79 Å². The van der Waals surface area contributed by atoms with Crippen LogP contribution in [0, 0.1) is 6.92 Å². The SMILES string of the molecule is CCOc1ccccc1Oc1ccccc1C(=O)NCc1nc(C)cs1. The number of nitrogens with zero attached hydrogens (tertiary/aromatic N) is 1. The molecule has 0 aliphatic heterocycles. The fraction of sp³-hybridized carbons (Fsp3) is 0.200. The molecule has 2 aromatic carbocycles. The van der Waals surface area contributed by atoms with E-state index in [1.807, 2.05) is 55.6 Å². The van der Waals surface area contributed by atoms with Crippen LogP contribution < -0.4 is 14.8 Å². The highest BCUT2D eigenvalue weighted by atomic mass is 32.1. The Balaban J connectivity index is 1.76. The smallest absolute Gasteiger partial charge is 0.255 e. The van der Waals surface area contributed by atoms with Crippen molar-refractivity contribution in [3.05, 3.63) is 70.2 Å². The average molecular weight is 368 g/mol. The minimum atomic E-state index is -0.206. The molecule has 1 amide bonds. The Hall–Kier alpha value is -2.86. The molecule has 3 aromatic rings. The highest BCUT2D eigenvalue weighted by Crippen LogP contribution is 2.32.